The molecule has 0 atom stereocenters. The summed E-state index contributed by atoms with van der Waals surface area (Å²) in [5.74, 6) is -1.13. The molecule has 0 radical (unpaired) electrons. The molecule has 0 aliphatic heterocycles. The summed E-state index contributed by atoms with van der Waals surface area (Å²) >= 11 is 0. The Morgan fingerprint density at radius 3 is 2.56 bits per heavy atom. The molecule has 0 bridgehead atoms. The van der Waals surface area contributed by atoms with Crippen molar-refractivity contribution < 1.29 is 14.7 Å². The molecule has 1 amide bonds. The number of carboxylic acids is 1. The molecule has 1 aromatic rings. The number of carbonyl (C=O) groups excluding carboxylic acids is 1. The Morgan fingerprint density at radius 2 is 2.06 bits per heavy atom. The molecule has 5 nitrogen and oxygen atoms in total. The molecule has 0 aliphatic carbocycles. The third-order valence-corrected chi connectivity index (χ3v) is 2.08. The lowest BCUT2D eigenvalue weighted by atomic mass is 10.1. The van der Waals surface area contributed by atoms with Crippen LogP contribution < -0.4 is 10.6 Å². The summed E-state index contributed by atoms with van der Waals surface area (Å²) in [6.07, 6.45) is 0. The quantitative estimate of drug-likeness (QED) is 0.705. The number of rotatable bonds is 4. The van der Waals surface area contributed by atoms with E-state index in [4.69, 9.17) is 5.11 Å². The molecule has 0 spiro atoms. The molecule has 1 aromatic carbocycles. The van der Waals surface area contributed by atoms with Crippen LogP contribution in [0.2, 0.25) is 0 Å². The van der Waals surface area contributed by atoms with Gasteiger partial charge in [0.05, 0.1) is 12.1 Å². The topological polar surface area (TPSA) is 78.4 Å². The largest absolute Gasteiger partial charge is 0.478 e. The number of hydrogen-bond acceptors (Lipinski definition) is 3. The average Bonchev–Trinajstić information content (AvgIpc) is 2.17. The summed E-state index contributed by atoms with van der Waals surface area (Å²) in [6.45, 7) is 1.91. The van der Waals surface area contributed by atoms with Gasteiger partial charge in [-0.2, -0.15) is 0 Å². The SMILES string of the molecule is CNCC(=O)Nc1ccc(C(=O)O)c(C)c1. The molecule has 16 heavy (non-hydrogen) atoms. The first-order chi connectivity index (χ1) is 7.54. The minimum Gasteiger partial charge on any atom is -0.478 e. The van der Waals surface area contributed by atoms with Crippen molar-refractivity contribution in [1.82, 2.24) is 5.32 Å². The molecule has 1 rings (SSSR count). The maximum Gasteiger partial charge on any atom is 0.335 e. The molecule has 0 saturated carbocycles. The summed E-state index contributed by atoms with van der Waals surface area (Å²) in [7, 11) is 1.68. The van der Waals surface area contributed by atoms with Gasteiger partial charge in [0.15, 0.2) is 0 Å². The molecule has 0 aliphatic rings. The second-order valence-electron chi connectivity index (χ2n) is 3.41. The van der Waals surface area contributed by atoms with Gasteiger partial charge in [-0.1, -0.05) is 0 Å². The van der Waals surface area contributed by atoms with Crippen molar-refractivity contribution in [1.29, 1.82) is 0 Å². The minimum absolute atomic E-state index is 0.162. The van der Waals surface area contributed by atoms with Crippen molar-refractivity contribution in [2.75, 3.05) is 18.9 Å². The maximum atomic E-state index is 11.3. The highest BCUT2D eigenvalue weighted by Crippen LogP contribution is 2.14. The van der Waals surface area contributed by atoms with Crippen molar-refractivity contribution in [3.05, 3.63) is 29.3 Å². The van der Waals surface area contributed by atoms with Crippen LogP contribution in [0.1, 0.15) is 15.9 Å². The number of aromatic carboxylic acids is 1. The number of aryl methyl sites for hydroxylation is 1. The van der Waals surface area contributed by atoms with E-state index in [0.717, 1.165) is 0 Å². The number of carboxylic acid groups (broad SMARTS) is 1. The van der Waals surface area contributed by atoms with Crippen LogP contribution in [0.25, 0.3) is 0 Å². The van der Waals surface area contributed by atoms with Gasteiger partial charge in [-0.25, -0.2) is 4.79 Å². The number of benzene rings is 1. The van der Waals surface area contributed by atoms with Crippen LogP contribution >= 0.6 is 0 Å². The molecule has 0 unspecified atom stereocenters. The van der Waals surface area contributed by atoms with E-state index < -0.39 is 5.97 Å². The van der Waals surface area contributed by atoms with Gasteiger partial charge in [-0.05, 0) is 37.7 Å². The molecule has 0 heterocycles. The van der Waals surface area contributed by atoms with E-state index in [1.807, 2.05) is 0 Å². The van der Waals surface area contributed by atoms with E-state index in [2.05, 4.69) is 10.6 Å². The Labute approximate surface area is 93.5 Å². The zero-order valence-corrected chi connectivity index (χ0v) is 9.20. The van der Waals surface area contributed by atoms with E-state index in [-0.39, 0.29) is 18.0 Å². The lowest BCUT2D eigenvalue weighted by Crippen LogP contribution is -2.25. The van der Waals surface area contributed by atoms with Gasteiger partial charge in [0.25, 0.3) is 0 Å². The van der Waals surface area contributed by atoms with Gasteiger partial charge in [0, 0.05) is 5.69 Å². The standard InChI is InChI=1S/C11H14N2O3/c1-7-5-8(13-10(14)6-12-2)3-4-9(7)11(15)16/h3-5,12H,6H2,1-2H3,(H,13,14)(H,15,16). The number of anilines is 1. The third kappa shape index (κ3) is 3.06. The molecule has 0 aromatic heterocycles. The van der Waals surface area contributed by atoms with Crippen LogP contribution in [0.4, 0.5) is 5.69 Å². The van der Waals surface area contributed by atoms with Crippen molar-refractivity contribution in [2.24, 2.45) is 0 Å². The normalized spacial score (nSPS) is 9.88. The Kier molecular flexibility index (Phi) is 4.02. The van der Waals surface area contributed by atoms with Crippen LogP contribution in [-0.2, 0) is 4.79 Å². The second kappa shape index (κ2) is 5.27. The Hall–Kier alpha value is -1.88. The molecule has 86 valence electrons. The summed E-state index contributed by atoms with van der Waals surface area (Å²) < 4.78 is 0. The molecule has 3 N–H and O–H groups in total. The Bertz CT molecular complexity index is 416. The van der Waals surface area contributed by atoms with Crippen molar-refractivity contribution in [2.45, 2.75) is 6.92 Å². The highest BCUT2D eigenvalue weighted by atomic mass is 16.4. The van der Waals surface area contributed by atoms with E-state index in [0.29, 0.717) is 11.3 Å². The third-order valence-electron chi connectivity index (χ3n) is 2.08. The average molecular weight is 222 g/mol. The molecular weight excluding hydrogens is 208 g/mol. The number of likely N-dealkylation sites (N-methyl/N-ethyl adjacent to an activating group) is 1. The van der Waals surface area contributed by atoms with E-state index >= 15 is 0 Å². The highest BCUT2D eigenvalue weighted by Gasteiger charge is 2.08. The smallest absolute Gasteiger partial charge is 0.335 e. The van der Waals surface area contributed by atoms with Gasteiger partial charge >= 0.3 is 5.97 Å². The summed E-state index contributed by atoms with van der Waals surface area (Å²) in [5, 5.41) is 14.2. The van der Waals surface area contributed by atoms with E-state index in [1.165, 1.54) is 6.07 Å². The van der Waals surface area contributed by atoms with Gasteiger partial charge in [-0.3, -0.25) is 4.79 Å². The fourth-order valence-corrected chi connectivity index (χ4v) is 1.35. The molecular formula is C11H14N2O3. The van der Waals surface area contributed by atoms with Gasteiger partial charge in [0.2, 0.25) is 5.91 Å². The second-order valence-corrected chi connectivity index (χ2v) is 3.41. The fourth-order valence-electron chi connectivity index (χ4n) is 1.35. The van der Waals surface area contributed by atoms with Crippen LogP contribution in [0.3, 0.4) is 0 Å². The monoisotopic (exact) mass is 222 g/mol. The van der Waals surface area contributed by atoms with Gasteiger partial charge in [0.1, 0.15) is 0 Å². The van der Waals surface area contributed by atoms with Crippen LogP contribution in [-0.4, -0.2) is 30.6 Å². The first kappa shape index (κ1) is 12.2. The predicted octanol–water partition coefficient (Wildman–Crippen LogP) is 0.851. The number of amides is 1. The highest BCUT2D eigenvalue weighted by molar-refractivity contribution is 5.94. The van der Waals surface area contributed by atoms with Crippen molar-refractivity contribution in [3.63, 3.8) is 0 Å². The lowest BCUT2D eigenvalue weighted by Gasteiger charge is -2.07. The van der Waals surface area contributed by atoms with Crippen molar-refractivity contribution >= 4 is 17.6 Å². The zero-order valence-electron chi connectivity index (χ0n) is 9.20. The Morgan fingerprint density at radius 1 is 1.38 bits per heavy atom. The molecule has 0 saturated heterocycles. The molecule has 0 fully saturated rings. The lowest BCUT2D eigenvalue weighted by molar-refractivity contribution is -0.115. The van der Waals surface area contributed by atoms with Crippen LogP contribution in [0.15, 0.2) is 18.2 Å². The van der Waals surface area contributed by atoms with E-state index in [1.54, 1.807) is 26.1 Å². The van der Waals surface area contributed by atoms with Crippen molar-refractivity contribution in [3.8, 4) is 0 Å². The van der Waals surface area contributed by atoms with Crippen LogP contribution in [0, 0.1) is 6.92 Å². The summed E-state index contributed by atoms with van der Waals surface area (Å²) in [5.41, 5.74) is 1.46. The number of nitrogens with one attached hydrogen (secondary N) is 2. The maximum absolute atomic E-state index is 11.3. The van der Waals surface area contributed by atoms with E-state index in [9.17, 15) is 9.59 Å². The summed E-state index contributed by atoms with van der Waals surface area (Å²) in [6, 6.07) is 4.69. The van der Waals surface area contributed by atoms with Gasteiger partial charge < -0.3 is 15.7 Å². The zero-order chi connectivity index (χ0) is 12.1. The Balaban J connectivity index is 2.81. The van der Waals surface area contributed by atoms with Gasteiger partial charge in [-0.15, -0.1) is 0 Å². The fraction of sp³-hybridized carbons (Fsp3) is 0.273. The number of hydrogen-bond donors (Lipinski definition) is 3. The first-order valence-electron chi connectivity index (χ1n) is 4.83. The number of carbonyl (C=O) groups is 2. The summed E-state index contributed by atoms with van der Waals surface area (Å²) in [4.78, 5) is 22.0. The molecule has 5 heteroatoms. The predicted molar refractivity (Wildman–Crippen MR) is 60.7 cm³/mol. The first-order valence-corrected chi connectivity index (χ1v) is 4.83. The minimum atomic E-state index is -0.967. The van der Waals surface area contributed by atoms with Crippen LogP contribution in [0.5, 0.6) is 0 Å².